The van der Waals surface area contributed by atoms with Crippen molar-refractivity contribution in [2.24, 2.45) is 0 Å². The lowest BCUT2D eigenvalue weighted by atomic mass is 10.1. The summed E-state index contributed by atoms with van der Waals surface area (Å²) in [6.07, 6.45) is 5.91. The first-order valence-electron chi connectivity index (χ1n) is 8.32. The summed E-state index contributed by atoms with van der Waals surface area (Å²) in [4.78, 5) is 25.0. The number of pyridine rings is 2. The average Bonchev–Trinajstić information content (AvgIpc) is 3.02. The predicted molar refractivity (Wildman–Crippen MR) is 95.1 cm³/mol. The van der Waals surface area contributed by atoms with Crippen LogP contribution in [-0.2, 0) is 19.5 Å². The molecular formula is C19H22N4O2. The van der Waals surface area contributed by atoms with Gasteiger partial charge in [0.15, 0.2) is 0 Å². The van der Waals surface area contributed by atoms with Crippen LogP contribution in [0.3, 0.4) is 0 Å². The first-order valence-corrected chi connectivity index (χ1v) is 8.32. The molecule has 3 aromatic rings. The maximum Gasteiger partial charge on any atom is 0.416 e. The van der Waals surface area contributed by atoms with Gasteiger partial charge < -0.3 is 4.42 Å². The molecule has 0 radical (unpaired) electrons. The second-order valence-corrected chi connectivity index (χ2v) is 6.14. The van der Waals surface area contributed by atoms with Crippen molar-refractivity contribution in [1.82, 2.24) is 19.9 Å². The van der Waals surface area contributed by atoms with Gasteiger partial charge in [-0.25, -0.2) is 4.79 Å². The number of nitrogens with one attached hydrogen (secondary N) is 1. The second kappa shape index (κ2) is 7.90. The number of aromatic nitrogens is 3. The van der Waals surface area contributed by atoms with Crippen molar-refractivity contribution >= 4 is 0 Å². The van der Waals surface area contributed by atoms with Gasteiger partial charge in [0.25, 0.3) is 0 Å². The van der Waals surface area contributed by atoms with Gasteiger partial charge in [-0.05, 0) is 37.1 Å². The summed E-state index contributed by atoms with van der Waals surface area (Å²) in [6, 6.07) is 8.02. The van der Waals surface area contributed by atoms with Gasteiger partial charge in [0, 0.05) is 44.6 Å². The van der Waals surface area contributed by atoms with Crippen molar-refractivity contribution in [3.8, 4) is 0 Å². The van der Waals surface area contributed by atoms with Crippen LogP contribution in [0.4, 0.5) is 0 Å². The van der Waals surface area contributed by atoms with E-state index in [1.54, 1.807) is 6.20 Å². The Morgan fingerprint density at radius 3 is 2.12 bits per heavy atom. The quantitative estimate of drug-likeness (QED) is 0.717. The van der Waals surface area contributed by atoms with Crippen LogP contribution in [0.1, 0.15) is 28.3 Å². The minimum Gasteiger partial charge on any atom is -0.413 e. The summed E-state index contributed by atoms with van der Waals surface area (Å²) >= 11 is 0. The van der Waals surface area contributed by atoms with Gasteiger partial charge in [0.1, 0.15) is 5.76 Å². The number of rotatable bonds is 7. The van der Waals surface area contributed by atoms with Gasteiger partial charge in [-0.2, -0.15) is 0 Å². The average molecular weight is 338 g/mol. The van der Waals surface area contributed by atoms with E-state index in [-0.39, 0.29) is 0 Å². The van der Waals surface area contributed by atoms with Gasteiger partial charge in [-0.1, -0.05) is 12.1 Å². The van der Waals surface area contributed by atoms with Crippen LogP contribution < -0.4 is 5.76 Å². The molecule has 0 spiro atoms. The normalized spacial score (nSPS) is 11.2. The highest BCUT2D eigenvalue weighted by molar-refractivity contribution is 5.19. The van der Waals surface area contributed by atoms with Crippen LogP contribution in [0.5, 0.6) is 0 Å². The van der Waals surface area contributed by atoms with Crippen molar-refractivity contribution in [2.45, 2.75) is 33.4 Å². The van der Waals surface area contributed by atoms with E-state index in [0.717, 1.165) is 31.0 Å². The fourth-order valence-electron chi connectivity index (χ4n) is 2.71. The molecule has 25 heavy (non-hydrogen) atoms. The van der Waals surface area contributed by atoms with Gasteiger partial charge in [-0.3, -0.25) is 19.9 Å². The zero-order chi connectivity index (χ0) is 17.6. The molecule has 0 aliphatic carbocycles. The number of aryl methyl sites for hydroxylation is 2. The zero-order valence-electron chi connectivity index (χ0n) is 14.5. The number of nitrogens with zero attached hydrogens (tertiary/aromatic N) is 3. The Kier molecular flexibility index (Phi) is 5.40. The van der Waals surface area contributed by atoms with E-state index in [1.807, 2.05) is 24.5 Å². The summed E-state index contributed by atoms with van der Waals surface area (Å²) in [5, 5.41) is 0. The lowest BCUT2D eigenvalue weighted by Crippen LogP contribution is -2.27. The standard InChI is InChI=1S/C19H22N4O2/c1-14-5-3-8-20-17(14)12-23(10-7-16-11-22-19(24)25-16)13-18-15(2)6-4-9-21-18/h3-6,8-9,11H,7,10,12-13H2,1-2H3,(H,22,24). The van der Waals surface area contributed by atoms with Crippen molar-refractivity contribution < 1.29 is 4.42 Å². The van der Waals surface area contributed by atoms with Gasteiger partial charge in [-0.15, -0.1) is 0 Å². The third-order valence-corrected chi connectivity index (χ3v) is 4.23. The van der Waals surface area contributed by atoms with Crippen molar-refractivity contribution in [1.29, 1.82) is 0 Å². The van der Waals surface area contributed by atoms with E-state index in [4.69, 9.17) is 4.42 Å². The minimum atomic E-state index is -0.414. The molecule has 6 heteroatoms. The maximum absolute atomic E-state index is 11.2. The molecule has 6 nitrogen and oxygen atoms in total. The smallest absolute Gasteiger partial charge is 0.413 e. The lowest BCUT2D eigenvalue weighted by Gasteiger charge is -2.22. The Morgan fingerprint density at radius 1 is 1.04 bits per heavy atom. The molecule has 0 aliphatic heterocycles. The fourth-order valence-corrected chi connectivity index (χ4v) is 2.71. The second-order valence-electron chi connectivity index (χ2n) is 6.14. The molecule has 0 saturated carbocycles. The number of hydrogen-bond donors (Lipinski definition) is 1. The van der Waals surface area contributed by atoms with E-state index in [0.29, 0.717) is 12.2 Å². The zero-order valence-corrected chi connectivity index (χ0v) is 14.5. The largest absolute Gasteiger partial charge is 0.416 e. The van der Waals surface area contributed by atoms with Crippen LogP contribution in [0, 0.1) is 13.8 Å². The third-order valence-electron chi connectivity index (χ3n) is 4.23. The molecule has 1 N–H and O–H groups in total. The van der Waals surface area contributed by atoms with E-state index < -0.39 is 5.76 Å². The van der Waals surface area contributed by atoms with E-state index in [2.05, 4.69) is 45.8 Å². The van der Waals surface area contributed by atoms with Crippen LogP contribution in [0.25, 0.3) is 0 Å². The maximum atomic E-state index is 11.2. The summed E-state index contributed by atoms with van der Waals surface area (Å²) in [7, 11) is 0. The fraction of sp³-hybridized carbons (Fsp3) is 0.316. The van der Waals surface area contributed by atoms with Crippen LogP contribution >= 0.6 is 0 Å². The highest BCUT2D eigenvalue weighted by Gasteiger charge is 2.13. The van der Waals surface area contributed by atoms with Gasteiger partial charge >= 0.3 is 5.76 Å². The van der Waals surface area contributed by atoms with Crippen molar-refractivity contribution in [3.63, 3.8) is 0 Å². The summed E-state index contributed by atoms with van der Waals surface area (Å²) in [5.74, 6) is 0.244. The summed E-state index contributed by atoms with van der Waals surface area (Å²) in [6.45, 7) is 6.32. The number of hydrogen-bond acceptors (Lipinski definition) is 5. The minimum absolute atomic E-state index is 0.414. The Hall–Kier alpha value is -2.73. The molecular weight excluding hydrogens is 316 g/mol. The molecule has 0 saturated heterocycles. The SMILES string of the molecule is Cc1cccnc1CN(CCc1c[nH]c(=O)o1)Cc1ncccc1C. The van der Waals surface area contributed by atoms with Crippen LogP contribution in [0.2, 0.25) is 0 Å². The summed E-state index contributed by atoms with van der Waals surface area (Å²) < 4.78 is 5.11. The van der Waals surface area contributed by atoms with Gasteiger partial charge in [0.2, 0.25) is 0 Å². The van der Waals surface area contributed by atoms with Crippen LogP contribution in [-0.4, -0.2) is 26.4 Å². The Labute approximate surface area is 146 Å². The van der Waals surface area contributed by atoms with E-state index in [9.17, 15) is 4.79 Å². The Balaban J connectivity index is 1.76. The molecule has 130 valence electrons. The number of oxazole rings is 1. The molecule has 3 aromatic heterocycles. The molecule has 0 bridgehead atoms. The molecule has 0 atom stereocenters. The molecule has 3 rings (SSSR count). The highest BCUT2D eigenvalue weighted by atomic mass is 16.4. The first-order chi connectivity index (χ1) is 12.1. The highest BCUT2D eigenvalue weighted by Crippen LogP contribution is 2.13. The lowest BCUT2D eigenvalue weighted by molar-refractivity contribution is 0.246. The molecule has 3 heterocycles. The molecule has 0 aromatic carbocycles. The molecule has 0 aliphatic rings. The third kappa shape index (κ3) is 4.64. The Bertz CT molecular complexity index is 837. The van der Waals surface area contributed by atoms with Crippen molar-refractivity contribution in [2.75, 3.05) is 6.54 Å². The Morgan fingerprint density at radius 2 is 1.64 bits per heavy atom. The monoisotopic (exact) mass is 338 g/mol. The molecule has 0 unspecified atom stereocenters. The number of aromatic amines is 1. The predicted octanol–water partition coefficient (Wildman–Crippen LogP) is 2.62. The van der Waals surface area contributed by atoms with Crippen LogP contribution in [0.15, 0.2) is 52.1 Å². The molecule has 0 fully saturated rings. The topological polar surface area (TPSA) is 75.0 Å². The van der Waals surface area contributed by atoms with E-state index >= 15 is 0 Å². The number of H-pyrrole nitrogens is 1. The first kappa shape index (κ1) is 17.1. The summed E-state index contributed by atoms with van der Waals surface area (Å²) in [5.41, 5.74) is 4.43. The van der Waals surface area contributed by atoms with Gasteiger partial charge in [0.05, 0.1) is 11.4 Å². The van der Waals surface area contributed by atoms with E-state index in [1.165, 1.54) is 11.1 Å². The van der Waals surface area contributed by atoms with Crippen molar-refractivity contribution in [3.05, 3.63) is 81.7 Å². The molecule has 0 amide bonds.